The summed E-state index contributed by atoms with van der Waals surface area (Å²) in [6.07, 6.45) is 29.5. The van der Waals surface area contributed by atoms with Gasteiger partial charge in [-0.1, -0.05) is 130 Å². The fraction of sp³-hybridized carbons (Fsp3) is 0.885. The molecule has 1 rings (SSSR count). The SMILES string of the molecule is CCCCCCCCCCCC.CCCCCCCCCCn1ccnc1C.Cl.Cl. The van der Waals surface area contributed by atoms with Crippen molar-refractivity contribution in [2.45, 2.75) is 150 Å². The zero-order chi connectivity index (χ0) is 20.7. The molecule has 1 aromatic heterocycles. The van der Waals surface area contributed by atoms with E-state index in [0.29, 0.717) is 0 Å². The van der Waals surface area contributed by atoms with Crippen LogP contribution in [0.4, 0.5) is 0 Å². The van der Waals surface area contributed by atoms with E-state index >= 15 is 0 Å². The lowest BCUT2D eigenvalue weighted by Gasteiger charge is -2.04. The molecule has 30 heavy (non-hydrogen) atoms. The molecule has 0 unspecified atom stereocenters. The number of halogens is 2. The molecule has 2 nitrogen and oxygen atoms in total. The van der Waals surface area contributed by atoms with E-state index in [1.165, 1.54) is 116 Å². The van der Waals surface area contributed by atoms with Gasteiger partial charge in [-0.2, -0.15) is 0 Å². The van der Waals surface area contributed by atoms with Crippen molar-refractivity contribution in [2.24, 2.45) is 0 Å². The third kappa shape index (κ3) is 24.1. The molecule has 0 radical (unpaired) electrons. The van der Waals surface area contributed by atoms with Crippen LogP contribution in [0, 0.1) is 6.92 Å². The highest BCUT2D eigenvalue weighted by atomic mass is 35.5. The first-order chi connectivity index (χ1) is 13.8. The van der Waals surface area contributed by atoms with E-state index in [-0.39, 0.29) is 24.8 Å². The molecule has 0 aliphatic heterocycles. The van der Waals surface area contributed by atoms with Gasteiger partial charge < -0.3 is 4.57 Å². The standard InChI is InChI=1S/C14H26N2.C12H26.2ClH/c1-3-4-5-6-7-8-9-10-12-16-13-11-15-14(16)2;1-3-5-7-9-11-12-10-8-6-4-2;;/h11,13H,3-10,12H2,1-2H3;3-12H2,1-2H3;2*1H. The first-order valence-electron chi connectivity index (χ1n) is 12.7. The molecule has 0 bridgehead atoms. The molecule has 0 saturated heterocycles. The number of aryl methyl sites for hydroxylation is 2. The molecule has 0 amide bonds. The number of unbranched alkanes of at least 4 members (excludes halogenated alkanes) is 16. The highest BCUT2D eigenvalue weighted by Gasteiger charge is 1.96. The maximum Gasteiger partial charge on any atom is 0.105 e. The molecule has 0 atom stereocenters. The third-order valence-electron chi connectivity index (χ3n) is 5.63. The van der Waals surface area contributed by atoms with Crippen molar-refractivity contribution in [2.75, 3.05) is 0 Å². The Labute approximate surface area is 202 Å². The number of rotatable bonds is 18. The average Bonchev–Trinajstić information content (AvgIpc) is 3.11. The van der Waals surface area contributed by atoms with Gasteiger partial charge in [-0.25, -0.2) is 4.98 Å². The van der Waals surface area contributed by atoms with Crippen LogP contribution >= 0.6 is 24.8 Å². The molecule has 0 aliphatic carbocycles. The normalized spacial score (nSPS) is 10.0. The smallest absolute Gasteiger partial charge is 0.105 e. The third-order valence-corrected chi connectivity index (χ3v) is 5.63. The van der Waals surface area contributed by atoms with E-state index in [1.807, 2.05) is 6.20 Å². The maximum absolute atomic E-state index is 4.23. The van der Waals surface area contributed by atoms with Gasteiger partial charge in [0.1, 0.15) is 5.82 Å². The summed E-state index contributed by atoms with van der Waals surface area (Å²) in [4.78, 5) is 4.23. The van der Waals surface area contributed by atoms with Crippen molar-refractivity contribution in [3.05, 3.63) is 18.2 Å². The van der Waals surface area contributed by atoms with Crippen LogP contribution in [0.3, 0.4) is 0 Å². The second-order valence-corrected chi connectivity index (χ2v) is 8.47. The minimum Gasteiger partial charge on any atom is -0.335 e. The Morgan fingerprint density at radius 3 is 1.20 bits per heavy atom. The highest BCUT2D eigenvalue weighted by molar-refractivity contribution is 5.85. The largest absolute Gasteiger partial charge is 0.335 e. The molecule has 0 aliphatic rings. The number of hydrogen-bond donors (Lipinski definition) is 0. The minimum atomic E-state index is 0. The predicted octanol–water partition coefficient (Wildman–Crippen LogP) is 10.1. The van der Waals surface area contributed by atoms with E-state index < -0.39 is 0 Å². The van der Waals surface area contributed by atoms with Gasteiger partial charge in [0.25, 0.3) is 0 Å². The van der Waals surface area contributed by atoms with E-state index in [9.17, 15) is 0 Å². The minimum absolute atomic E-state index is 0. The van der Waals surface area contributed by atoms with Crippen molar-refractivity contribution in [1.82, 2.24) is 9.55 Å². The first-order valence-corrected chi connectivity index (χ1v) is 12.7. The summed E-state index contributed by atoms with van der Waals surface area (Å²) in [6.45, 7) is 10.0. The van der Waals surface area contributed by atoms with Crippen LogP contribution in [0.5, 0.6) is 0 Å². The molecule has 1 aromatic rings. The molecule has 1 heterocycles. The van der Waals surface area contributed by atoms with Gasteiger partial charge in [0, 0.05) is 18.9 Å². The van der Waals surface area contributed by atoms with Gasteiger partial charge in [0.15, 0.2) is 0 Å². The molecule has 0 aromatic carbocycles. The molecule has 4 heteroatoms. The first kappa shape index (κ1) is 34.4. The van der Waals surface area contributed by atoms with Gasteiger partial charge in [-0.05, 0) is 13.3 Å². The summed E-state index contributed by atoms with van der Waals surface area (Å²) >= 11 is 0. The fourth-order valence-electron chi connectivity index (χ4n) is 3.62. The van der Waals surface area contributed by atoms with Crippen LogP contribution in [-0.4, -0.2) is 9.55 Å². The monoisotopic (exact) mass is 464 g/mol. The molecule has 0 spiro atoms. The van der Waals surface area contributed by atoms with Crippen molar-refractivity contribution in [3.8, 4) is 0 Å². The number of hydrogen-bond acceptors (Lipinski definition) is 1. The molecule has 0 N–H and O–H groups in total. The quantitative estimate of drug-likeness (QED) is 0.197. The van der Waals surface area contributed by atoms with Gasteiger partial charge in [-0.3, -0.25) is 0 Å². The number of nitrogens with zero attached hydrogens (tertiary/aromatic N) is 2. The highest BCUT2D eigenvalue weighted by Crippen LogP contribution is 2.10. The summed E-state index contributed by atoms with van der Waals surface area (Å²) in [5.41, 5.74) is 0. The van der Waals surface area contributed by atoms with Crippen molar-refractivity contribution in [1.29, 1.82) is 0 Å². The zero-order valence-electron chi connectivity index (χ0n) is 20.8. The molecular formula is C26H54Cl2N2. The molecule has 182 valence electrons. The Balaban J connectivity index is -0.000000474. The second kappa shape index (κ2) is 28.8. The number of imidazole rings is 1. The molecule has 0 fully saturated rings. The Morgan fingerprint density at radius 2 is 0.900 bits per heavy atom. The molecular weight excluding hydrogens is 411 g/mol. The predicted molar refractivity (Wildman–Crippen MR) is 142 cm³/mol. The van der Waals surface area contributed by atoms with Crippen LogP contribution < -0.4 is 0 Å². The van der Waals surface area contributed by atoms with Crippen LogP contribution in [0.1, 0.15) is 142 Å². The van der Waals surface area contributed by atoms with Gasteiger partial charge in [0.2, 0.25) is 0 Å². The van der Waals surface area contributed by atoms with Crippen LogP contribution in [0.15, 0.2) is 12.4 Å². The van der Waals surface area contributed by atoms with Crippen LogP contribution in [0.25, 0.3) is 0 Å². The summed E-state index contributed by atoms with van der Waals surface area (Å²) in [5, 5.41) is 0. The lowest BCUT2D eigenvalue weighted by atomic mass is 10.1. The van der Waals surface area contributed by atoms with E-state index in [1.54, 1.807) is 0 Å². The van der Waals surface area contributed by atoms with Gasteiger partial charge in [-0.15, -0.1) is 24.8 Å². The Hall–Kier alpha value is -0.210. The lowest BCUT2D eigenvalue weighted by molar-refractivity contribution is 0.539. The van der Waals surface area contributed by atoms with Crippen LogP contribution in [-0.2, 0) is 6.54 Å². The van der Waals surface area contributed by atoms with Crippen LogP contribution in [0.2, 0.25) is 0 Å². The Morgan fingerprint density at radius 1 is 0.567 bits per heavy atom. The summed E-state index contributed by atoms with van der Waals surface area (Å²) in [5.74, 6) is 1.14. The summed E-state index contributed by atoms with van der Waals surface area (Å²) < 4.78 is 2.25. The van der Waals surface area contributed by atoms with E-state index in [2.05, 4.69) is 43.4 Å². The van der Waals surface area contributed by atoms with Crippen molar-refractivity contribution >= 4 is 24.8 Å². The topological polar surface area (TPSA) is 17.8 Å². The Kier molecular flexibility index (Phi) is 33.0. The van der Waals surface area contributed by atoms with E-state index in [0.717, 1.165) is 12.4 Å². The molecule has 0 saturated carbocycles. The second-order valence-electron chi connectivity index (χ2n) is 8.47. The van der Waals surface area contributed by atoms with Crippen molar-refractivity contribution in [3.63, 3.8) is 0 Å². The zero-order valence-corrected chi connectivity index (χ0v) is 22.4. The lowest BCUT2D eigenvalue weighted by Crippen LogP contribution is -1.98. The van der Waals surface area contributed by atoms with Gasteiger partial charge in [0.05, 0.1) is 0 Å². The van der Waals surface area contributed by atoms with Crippen molar-refractivity contribution < 1.29 is 0 Å². The fourth-order valence-corrected chi connectivity index (χ4v) is 3.62. The Bertz CT molecular complexity index is 397. The average molecular weight is 466 g/mol. The van der Waals surface area contributed by atoms with Gasteiger partial charge >= 0.3 is 0 Å². The summed E-state index contributed by atoms with van der Waals surface area (Å²) in [6, 6.07) is 0. The van der Waals surface area contributed by atoms with E-state index in [4.69, 9.17) is 0 Å². The summed E-state index contributed by atoms with van der Waals surface area (Å²) in [7, 11) is 0. The maximum atomic E-state index is 4.23. The number of aromatic nitrogens is 2.